The standard InChI is InChI=1S/C21H23N3O2.C14H17NO3.C7H6N2/c1-13-20-18(12-25-21(2,3)26-20)17(19(24-13)15-6-7-15)11-23-16-8-4-14(10-22)5-9-16;1-8-13-11(7-17-14(2,3)18-13)10(6-16)12(15-8)9-4-5-9;8-5-6-1-3-7(9)4-2-6/h4-5,8-9,15,23H,6-7,11-12H2,1-3H3;6,9H,4-5,7H2,1-3H3;1-4H,9H2. The van der Waals surface area contributed by atoms with Crippen LogP contribution in [0.2, 0.25) is 0 Å². The first-order chi connectivity index (χ1) is 25.3. The predicted octanol–water partition coefficient (Wildman–Crippen LogP) is 8.26. The molecular weight excluding hydrogens is 668 g/mol. The van der Waals surface area contributed by atoms with Gasteiger partial charge in [-0.15, -0.1) is 0 Å². The predicted molar refractivity (Wildman–Crippen MR) is 200 cm³/mol. The number of nitrogen functional groups attached to an aromatic ring is 1. The maximum atomic E-state index is 11.4. The molecule has 2 aliphatic carbocycles. The zero-order chi connectivity index (χ0) is 37.9. The summed E-state index contributed by atoms with van der Waals surface area (Å²) in [6.45, 7) is 13.2. The van der Waals surface area contributed by atoms with Gasteiger partial charge in [0.1, 0.15) is 5.75 Å². The number of benzene rings is 2. The molecule has 0 unspecified atom stereocenters. The molecule has 11 nitrogen and oxygen atoms in total. The highest BCUT2D eigenvalue weighted by Gasteiger charge is 2.37. The molecule has 2 aromatic carbocycles. The van der Waals surface area contributed by atoms with E-state index in [4.69, 9.17) is 40.2 Å². The van der Waals surface area contributed by atoms with E-state index >= 15 is 0 Å². The van der Waals surface area contributed by atoms with Crippen LogP contribution in [0.4, 0.5) is 11.4 Å². The number of nitriles is 2. The molecule has 4 aromatic rings. The number of ether oxygens (including phenoxy) is 4. The van der Waals surface area contributed by atoms with Crippen molar-refractivity contribution in [3.63, 3.8) is 0 Å². The highest BCUT2D eigenvalue weighted by atomic mass is 16.7. The molecule has 0 spiro atoms. The van der Waals surface area contributed by atoms with Crippen LogP contribution in [0.25, 0.3) is 0 Å². The Morgan fingerprint density at radius 1 is 0.774 bits per heavy atom. The van der Waals surface area contributed by atoms with Crippen molar-refractivity contribution in [2.75, 3.05) is 11.1 Å². The first-order valence-corrected chi connectivity index (χ1v) is 18.0. The second-order valence-electron chi connectivity index (χ2n) is 14.7. The molecule has 0 amide bonds. The number of fused-ring (bicyclic) bond motifs is 2. The van der Waals surface area contributed by atoms with Gasteiger partial charge in [-0.25, -0.2) is 0 Å². The number of pyridine rings is 2. The third-order valence-electron chi connectivity index (χ3n) is 9.45. The normalized spacial score (nSPS) is 17.3. The van der Waals surface area contributed by atoms with Gasteiger partial charge in [0.2, 0.25) is 11.6 Å². The van der Waals surface area contributed by atoms with Crippen LogP contribution in [0.3, 0.4) is 0 Å². The van der Waals surface area contributed by atoms with Crippen LogP contribution < -0.4 is 20.5 Å². The van der Waals surface area contributed by atoms with Gasteiger partial charge in [-0.05, 0) is 88.1 Å². The number of rotatable bonds is 6. The van der Waals surface area contributed by atoms with Gasteiger partial charge in [0, 0.05) is 85.4 Å². The van der Waals surface area contributed by atoms with E-state index in [0.717, 1.165) is 64.5 Å². The summed E-state index contributed by atoms with van der Waals surface area (Å²) in [5.41, 5.74) is 16.1. The number of nitrogens with zero attached hydrogens (tertiary/aromatic N) is 4. The fourth-order valence-electron chi connectivity index (χ4n) is 6.31. The Morgan fingerprint density at radius 2 is 1.25 bits per heavy atom. The minimum atomic E-state index is -0.652. The van der Waals surface area contributed by atoms with Gasteiger partial charge in [0.05, 0.1) is 53.6 Å². The van der Waals surface area contributed by atoms with Gasteiger partial charge in [-0.3, -0.25) is 14.8 Å². The van der Waals surface area contributed by atoms with Crippen LogP contribution in [-0.2, 0) is 29.2 Å². The Balaban J connectivity index is 0.000000153. The SMILES string of the molecule is Cc1nc(C2CC2)c(C=O)c2c1OC(C)(C)OC2.Cc1nc(C2CC2)c(CNc2ccc(C#N)cc2)c2c1OC(C)(C)OC2.N#Cc1ccc(N)cc1. The number of anilines is 2. The molecule has 2 saturated carbocycles. The van der Waals surface area contributed by atoms with Crippen LogP contribution in [-0.4, -0.2) is 27.8 Å². The van der Waals surface area contributed by atoms with Gasteiger partial charge >= 0.3 is 0 Å². The Bertz CT molecular complexity index is 2070. The monoisotopic (exact) mass is 714 g/mol. The topological polar surface area (TPSA) is 165 Å². The first kappa shape index (κ1) is 37.3. The van der Waals surface area contributed by atoms with Gasteiger partial charge < -0.3 is 30.0 Å². The number of nitrogens with two attached hydrogens (primary N) is 1. The summed E-state index contributed by atoms with van der Waals surface area (Å²) >= 11 is 0. The van der Waals surface area contributed by atoms with Crippen molar-refractivity contribution in [1.29, 1.82) is 10.5 Å². The summed E-state index contributed by atoms with van der Waals surface area (Å²) < 4.78 is 23.4. The van der Waals surface area contributed by atoms with Crippen molar-refractivity contribution in [2.45, 2.75) is 110 Å². The lowest BCUT2D eigenvalue weighted by molar-refractivity contribution is -0.181. The van der Waals surface area contributed by atoms with Gasteiger partial charge in [0.25, 0.3) is 0 Å². The molecule has 0 radical (unpaired) electrons. The summed E-state index contributed by atoms with van der Waals surface area (Å²) in [6.07, 6.45) is 5.53. The lowest BCUT2D eigenvalue weighted by Gasteiger charge is -2.35. The lowest BCUT2D eigenvalue weighted by Crippen LogP contribution is -2.36. The van der Waals surface area contributed by atoms with Crippen molar-refractivity contribution in [1.82, 2.24) is 9.97 Å². The fraction of sp³-hybridized carbons (Fsp3) is 0.405. The van der Waals surface area contributed by atoms with Crippen molar-refractivity contribution in [3.8, 4) is 23.6 Å². The average Bonchev–Trinajstić information content (AvgIpc) is 4.07. The van der Waals surface area contributed by atoms with Crippen molar-refractivity contribution in [3.05, 3.63) is 105 Å². The second kappa shape index (κ2) is 15.2. The minimum absolute atomic E-state index is 0.416. The molecule has 2 fully saturated rings. The Kier molecular flexibility index (Phi) is 10.7. The zero-order valence-corrected chi connectivity index (χ0v) is 31.2. The van der Waals surface area contributed by atoms with Crippen LogP contribution >= 0.6 is 0 Å². The van der Waals surface area contributed by atoms with E-state index in [1.165, 1.54) is 24.1 Å². The van der Waals surface area contributed by atoms with E-state index in [1.54, 1.807) is 24.3 Å². The van der Waals surface area contributed by atoms with Crippen LogP contribution in [0.15, 0.2) is 48.5 Å². The molecule has 0 bridgehead atoms. The summed E-state index contributed by atoms with van der Waals surface area (Å²) in [6, 6.07) is 18.4. The number of carbonyl (C=O) groups is 1. The molecule has 8 rings (SSSR count). The number of aldehydes is 1. The Morgan fingerprint density at radius 3 is 1.75 bits per heavy atom. The number of hydrogen-bond acceptors (Lipinski definition) is 11. The number of aromatic nitrogens is 2. The molecule has 11 heteroatoms. The second-order valence-corrected chi connectivity index (χ2v) is 14.7. The van der Waals surface area contributed by atoms with E-state index in [1.807, 2.05) is 71.9 Å². The molecule has 2 aliphatic heterocycles. The largest absolute Gasteiger partial charge is 0.461 e. The van der Waals surface area contributed by atoms with E-state index in [0.29, 0.717) is 54.0 Å². The highest BCUT2D eigenvalue weighted by molar-refractivity contribution is 5.81. The zero-order valence-electron chi connectivity index (χ0n) is 31.2. The van der Waals surface area contributed by atoms with Crippen molar-refractivity contribution < 1.29 is 23.7 Å². The molecule has 53 heavy (non-hydrogen) atoms. The Labute approximate surface area is 311 Å². The van der Waals surface area contributed by atoms with Gasteiger partial charge in [0.15, 0.2) is 12.0 Å². The van der Waals surface area contributed by atoms with Crippen molar-refractivity contribution in [2.24, 2.45) is 0 Å². The van der Waals surface area contributed by atoms with Gasteiger partial charge in [-0.2, -0.15) is 10.5 Å². The Hall–Kier alpha value is -5.49. The van der Waals surface area contributed by atoms with Crippen LogP contribution in [0.1, 0.15) is 126 Å². The molecule has 0 saturated heterocycles. The molecule has 4 heterocycles. The van der Waals surface area contributed by atoms with E-state index in [2.05, 4.69) is 16.4 Å². The maximum Gasteiger partial charge on any atom is 0.205 e. The van der Waals surface area contributed by atoms with Crippen molar-refractivity contribution >= 4 is 17.7 Å². The fourth-order valence-corrected chi connectivity index (χ4v) is 6.31. The maximum absolute atomic E-state index is 11.4. The third-order valence-corrected chi connectivity index (χ3v) is 9.45. The van der Waals surface area contributed by atoms with E-state index < -0.39 is 11.6 Å². The quantitative estimate of drug-likeness (QED) is 0.146. The van der Waals surface area contributed by atoms with Crippen LogP contribution in [0.5, 0.6) is 11.5 Å². The first-order valence-electron chi connectivity index (χ1n) is 18.0. The highest BCUT2D eigenvalue weighted by Crippen LogP contribution is 2.46. The average molecular weight is 715 g/mol. The van der Waals surface area contributed by atoms with E-state index in [9.17, 15) is 4.79 Å². The minimum Gasteiger partial charge on any atom is -0.461 e. The lowest BCUT2D eigenvalue weighted by atomic mass is 10.00. The number of aryl methyl sites for hydroxylation is 2. The number of nitrogens with one attached hydrogen (secondary N) is 1. The molecule has 3 N–H and O–H groups in total. The summed E-state index contributed by atoms with van der Waals surface area (Å²) in [7, 11) is 0. The van der Waals surface area contributed by atoms with Crippen LogP contribution in [0, 0.1) is 36.5 Å². The molecule has 274 valence electrons. The third kappa shape index (κ3) is 8.94. The summed E-state index contributed by atoms with van der Waals surface area (Å²) in [5.74, 6) is 1.30. The molecule has 0 atom stereocenters. The summed E-state index contributed by atoms with van der Waals surface area (Å²) in [5, 5.41) is 20.7. The molecule has 2 aromatic heterocycles. The molecular formula is C42H46N6O5. The molecule has 4 aliphatic rings. The smallest absolute Gasteiger partial charge is 0.205 e. The number of hydrogen-bond donors (Lipinski definition) is 2. The number of carbonyl (C=O) groups excluding carboxylic acids is 1. The summed E-state index contributed by atoms with van der Waals surface area (Å²) in [4.78, 5) is 20.8. The van der Waals surface area contributed by atoms with E-state index in [-0.39, 0.29) is 0 Å². The van der Waals surface area contributed by atoms with Gasteiger partial charge in [-0.1, -0.05) is 0 Å².